The van der Waals surface area contributed by atoms with Crippen molar-refractivity contribution < 1.29 is 32.5 Å². The first-order valence-corrected chi connectivity index (χ1v) is 16.4. The molecule has 0 aliphatic carbocycles. The summed E-state index contributed by atoms with van der Waals surface area (Å²) in [7, 11) is 0.149. The molecule has 0 bridgehead atoms. The molecule has 2 N–H and O–H groups in total. The first-order valence-electron chi connectivity index (χ1n) is 14.5. The Balaban J connectivity index is 1.90. The molecule has 0 fully saturated rings. The van der Waals surface area contributed by atoms with E-state index in [4.69, 9.17) is 14.2 Å². The van der Waals surface area contributed by atoms with E-state index >= 15 is 0 Å². The van der Waals surface area contributed by atoms with Crippen molar-refractivity contribution in [3.8, 4) is 11.5 Å². The van der Waals surface area contributed by atoms with Crippen molar-refractivity contribution in [3.05, 3.63) is 53.6 Å². The molecular weight excluding hydrogens is 558 g/mol. The highest BCUT2D eigenvalue weighted by molar-refractivity contribution is 7.92. The summed E-state index contributed by atoms with van der Waals surface area (Å²) in [5.41, 5.74) is 1.67. The second-order valence-electron chi connectivity index (χ2n) is 11.4. The second kappa shape index (κ2) is 15.6. The number of amides is 1. The van der Waals surface area contributed by atoms with Crippen molar-refractivity contribution in [2.75, 3.05) is 51.4 Å². The first kappa shape index (κ1) is 33.6. The number of carbonyl (C=O) groups excluding carboxylic acids is 1. The van der Waals surface area contributed by atoms with Crippen LogP contribution >= 0.6 is 0 Å². The monoisotopic (exact) mass is 605 g/mol. The van der Waals surface area contributed by atoms with Crippen LogP contribution in [0.1, 0.15) is 56.0 Å². The molecule has 0 saturated carbocycles. The molecule has 2 aromatic rings. The quantitative estimate of drug-likeness (QED) is 0.441. The summed E-state index contributed by atoms with van der Waals surface area (Å²) < 4.78 is 44.2. The number of aliphatic hydroxyl groups excluding tert-OH is 1. The molecule has 1 aliphatic rings. The minimum absolute atomic E-state index is 0.0650. The van der Waals surface area contributed by atoms with Gasteiger partial charge in [0.2, 0.25) is 10.0 Å². The number of carbonyl (C=O) groups is 1. The van der Waals surface area contributed by atoms with Gasteiger partial charge in [-0.25, -0.2) is 8.42 Å². The number of aliphatic hydroxyl groups is 1. The van der Waals surface area contributed by atoms with Crippen LogP contribution in [0.2, 0.25) is 0 Å². The van der Waals surface area contributed by atoms with Crippen LogP contribution in [0.15, 0.2) is 42.5 Å². The minimum atomic E-state index is -3.55. The van der Waals surface area contributed by atoms with Crippen LogP contribution in [0.3, 0.4) is 0 Å². The van der Waals surface area contributed by atoms with Gasteiger partial charge >= 0.3 is 0 Å². The summed E-state index contributed by atoms with van der Waals surface area (Å²) in [6.45, 7) is 7.89. The Kier molecular flexibility index (Phi) is 12.5. The zero-order valence-electron chi connectivity index (χ0n) is 25.7. The van der Waals surface area contributed by atoms with Crippen LogP contribution in [-0.4, -0.2) is 94.2 Å². The molecule has 11 heteroatoms. The van der Waals surface area contributed by atoms with E-state index in [1.54, 1.807) is 31.1 Å². The number of likely N-dealkylation sites (N-methyl/N-ethyl adjacent to an activating group) is 1. The molecule has 1 amide bonds. The summed E-state index contributed by atoms with van der Waals surface area (Å²) >= 11 is 0. The lowest BCUT2D eigenvalue weighted by Gasteiger charge is -2.36. The topological polar surface area (TPSA) is 118 Å². The van der Waals surface area contributed by atoms with Gasteiger partial charge in [0.1, 0.15) is 11.5 Å². The lowest BCUT2D eigenvalue weighted by Crippen LogP contribution is -2.47. The van der Waals surface area contributed by atoms with E-state index in [2.05, 4.69) is 23.6 Å². The highest BCUT2D eigenvalue weighted by Gasteiger charge is 2.30. The van der Waals surface area contributed by atoms with Gasteiger partial charge in [-0.1, -0.05) is 19.1 Å². The average Bonchev–Trinajstić information content (AvgIpc) is 2.94. The van der Waals surface area contributed by atoms with E-state index in [9.17, 15) is 18.3 Å². The maximum Gasteiger partial charge on any atom is 0.258 e. The Morgan fingerprint density at radius 1 is 1.17 bits per heavy atom. The van der Waals surface area contributed by atoms with Crippen LogP contribution in [0.25, 0.3) is 0 Å². The fourth-order valence-corrected chi connectivity index (χ4v) is 5.63. The molecule has 0 unspecified atom stereocenters. The molecular formula is C31H47N3O7S. The Morgan fingerprint density at radius 2 is 1.88 bits per heavy atom. The average molecular weight is 606 g/mol. The van der Waals surface area contributed by atoms with Crippen LogP contribution in [0.4, 0.5) is 5.69 Å². The van der Waals surface area contributed by atoms with Gasteiger partial charge in [-0.05, 0) is 76.1 Å². The molecule has 1 heterocycles. The van der Waals surface area contributed by atoms with Crippen molar-refractivity contribution in [1.82, 2.24) is 9.80 Å². The standard InChI is InChI=1S/C31H47N3O7S/c1-22-18-34(23(2)21-35)31(36)28-17-26(32-42(6,37)38)12-15-29(28)41-24(3)9-7-8-16-40-30(22)20-33(4)19-25-10-13-27(39-5)14-11-25/h10-15,17,22-24,30,32,35H,7-9,16,18-21H2,1-6H3/t22-,23-,24-,30+/m0/s1. The Morgan fingerprint density at radius 3 is 2.52 bits per heavy atom. The molecule has 4 atom stereocenters. The molecule has 0 saturated heterocycles. The highest BCUT2D eigenvalue weighted by atomic mass is 32.2. The van der Waals surface area contributed by atoms with Crippen molar-refractivity contribution in [2.45, 2.75) is 64.8 Å². The lowest BCUT2D eigenvalue weighted by molar-refractivity contribution is -0.0177. The van der Waals surface area contributed by atoms with Crippen molar-refractivity contribution in [3.63, 3.8) is 0 Å². The molecule has 0 aromatic heterocycles. The predicted molar refractivity (Wildman–Crippen MR) is 165 cm³/mol. The van der Waals surface area contributed by atoms with E-state index in [0.717, 1.165) is 43.4 Å². The summed E-state index contributed by atoms with van der Waals surface area (Å²) in [6, 6.07) is 12.2. The maximum absolute atomic E-state index is 14.1. The fourth-order valence-electron chi connectivity index (χ4n) is 5.08. The van der Waals surface area contributed by atoms with E-state index in [-0.39, 0.29) is 41.9 Å². The minimum Gasteiger partial charge on any atom is -0.497 e. The van der Waals surface area contributed by atoms with Gasteiger partial charge in [-0.15, -0.1) is 0 Å². The van der Waals surface area contributed by atoms with Gasteiger partial charge in [-0.2, -0.15) is 0 Å². The zero-order chi connectivity index (χ0) is 30.9. The number of nitrogens with zero attached hydrogens (tertiary/aromatic N) is 2. The van der Waals surface area contributed by atoms with Gasteiger partial charge < -0.3 is 24.2 Å². The van der Waals surface area contributed by atoms with Gasteiger partial charge in [0.05, 0.1) is 43.8 Å². The maximum atomic E-state index is 14.1. The Hall–Kier alpha value is -2.86. The Labute approximate surface area is 251 Å². The molecule has 3 rings (SSSR count). The summed E-state index contributed by atoms with van der Waals surface area (Å²) in [5, 5.41) is 10.1. The van der Waals surface area contributed by atoms with Crippen molar-refractivity contribution in [1.29, 1.82) is 0 Å². The van der Waals surface area contributed by atoms with E-state index in [0.29, 0.717) is 25.4 Å². The van der Waals surface area contributed by atoms with E-state index in [1.807, 2.05) is 31.2 Å². The fraction of sp³-hybridized carbons (Fsp3) is 0.581. The highest BCUT2D eigenvalue weighted by Crippen LogP contribution is 2.29. The van der Waals surface area contributed by atoms with Crippen molar-refractivity contribution >= 4 is 21.6 Å². The lowest BCUT2D eigenvalue weighted by atomic mass is 10.0. The van der Waals surface area contributed by atoms with Gasteiger partial charge in [0.15, 0.2) is 0 Å². The summed E-state index contributed by atoms with van der Waals surface area (Å²) in [4.78, 5) is 17.9. The third-order valence-electron chi connectivity index (χ3n) is 7.46. The number of sulfonamides is 1. The second-order valence-corrected chi connectivity index (χ2v) is 13.2. The summed E-state index contributed by atoms with van der Waals surface area (Å²) in [5.74, 6) is 0.793. The van der Waals surface area contributed by atoms with E-state index in [1.165, 1.54) is 6.07 Å². The van der Waals surface area contributed by atoms with Crippen molar-refractivity contribution in [2.24, 2.45) is 5.92 Å². The number of rotatable bonds is 9. The molecule has 10 nitrogen and oxygen atoms in total. The molecule has 2 aromatic carbocycles. The number of hydrogen-bond donors (Lipinski definition) is 2. The molecule has 234 valence electrons. The smallest absolute Gasteiger partial charge is 0.258 e. The third-order valence-corrected chi connectivity index (χ3v) is 8.06. The molecule has 42 heavy (non-hydrogen) atoms. The number of methoxy groups -OCH3 is 1. The van der Waals surface area contributed by atoms with Gasteiger partial charge in [0.25, 0.3) is 5.91 Å². The molecule has 0 radical (unpaired) electrons. The number of fused-ring (bicyclic) bond motifs is 1. The van der Waals surface area contributed by atoms with Crippen LogP contribution in [-0.2, 0) is 21.3 Å². The number of hydrogen-bond acceptors (Lipinski definition) is 8. The van der Waals surface area contributed by atoms with Crippen LogP contribution in [0.5, 0.6) is 11.5 Å². The number of anilines is 1. The SMILES string of the molecule is COc1ccc(CN(C)C[C@H]2OCCCC[C@H](C)Oc3ccc(NS(C)(=O)=O)cc3C(=O)N([C@@H](C)CO)C[C@@H]2C)cc1. The predicted octanol–water partition coefficient (Wildman–Crippen LogP) is 3.99. The van der Waals surface area contributed by atoms with Crippen LogP contribution in [0, 0.1) is 5.92 Å². The van der Waals surface area contributed by atoms with Gasteiger partial charge in [0, 0.05) is 37.8 Å². The van der Waals surface area contributed by atoms with Gasteiger partial charge in [-0.3, -0.25) is 14.4 Å². The van der Waals surface area contributed by atoms with Crippen LogP contribution < -0.4 is 14.2 Å². The number of ether oxygens (including phenoxy) is 3. The largest absolute Gasteiger partial charge is 0.497 e. The molecule has 0 spiro atoms. The third kappa shape index (κ3) is 10.1. The number of nitrogens with one attached hydrogen (secondary N) is 1. The number of benzene rings is 2. The Bertz CT molecular complexity index is 1260. The zero-order valence-corrected chi connectivity index (χ0v) is 26.5. The first-order chi connectivity index (χ1) is 19.9. The van der Waals surface area contributed by atoms with E-state index < -0.39 is 16.1 Å². The normalized spacial score (nSPS) is 21.7. The summed E-state index contributed by atoms with van der Waals surface area (Å²) in [6.07, 6.45) is 3.28. The molecule has 1 aliphatic heterocycles.